The van der Waals surface area contributed by atoms with Crippen LogP contribution in [0.5, 0.6) is 0 Å². The van der Waals surface area contributed by atoms with Crippen LogP contribution in [-0.2, 0) is 9.59 Å². The number of anilines is 1. The summed E-state index contributed by atoms with van der Waals surface area (Å²) in [6, 6.07) is 8.76. The molecule has 2 saturated carbocycles. The molecule has 1 aliphatic heterocycles. The quantitative estimate of drug-likeness (QED) is 0.588. The minimum Gasteiger partial charge on any atom is -0.274 e. The predicted octanol–water partition coefficient (Wildman–Crippen LogP) is 2.12. The van der Waals surface area contributed by atoms with E-state index in [0.29, 0.717) is 23.1 Å². The molecule has 4 heteroatoms. The highest BCUT2D eigenvalue weighted by atomic mass is 16.2. The van der Waals surface area contributed by atoms with Gasteiger partial charge in [-0.3, -0.25) is 14.5 Å². The summed E-state index contributed by atoms with van der Waals surface area (Å²) in [5.74, 6) is 1.31. The minimum atomic E-state index is -0.165. The molecular formula is C18H14N2O2. The molecule has 2 bridgehead atoms. The fourth-order valence-electron chi connectivity index (χ4n) is 4.90. The van der Waals surface area contributed by atoms with Gasteiger partial charge in [0.15, 0.2) is 0 Å². The number of amides is 2. The van der Waals surface area contributed by atoms with Gasteiger partial charge < -0.3 is 0 Å². The second kappa shape index (κ2) is 3.86. The van der Waals surface area contributed by atoms with Crippen LogP contribution in [0.1, 0.15) is 12.0 Å². The van der Waals surface area contributed by atoms with E-state index in [2.05, 4.69) is 18.2 Å². The van der Waals surface area contributed by atoms with Crippen molar-refractivity contribution in [2.45, 2.75) is 6.42 Å². The van der Waals surface area contributed by atoms with Crippen molar-refractivity contribution in [3.8, 4) is 6.07 Å². The number of carbonyl (C=O) groups excluding carboxylic acids is 2. The number of rotatable bonds is 1. The molecule has 0 spiro atoms. The fraction of sp³-hybridized carbons (Fsp3) is 0.389. The zero-order chi connectivity index (χ0) is 15.0. The summed E-state index contributed by atoms with van der Waals surface area (Å²) in [5.41, 5.74) is 1.12. The molecule has 0 radical (unpaired) electrons. The summed E-state index contributed by atoms with van der Waals surface area (Å²) in [7, 11) is 0. The SMILES string of the molecule is N#Cc1ccc(N2C(=O)[C@@H]3[C@H]4C=C[C@@H]([C@@H]5C[C@H]45)[C@@H]3C2=O)cc1. The van der Waals surface area contributed by atoms with Crippen LogP contribution in [0.4, 0.5) is 5.69 Å². The van der Waals surface area contributed by atoms with Crippen molar-refractivity contribution in [2.24, 2.45) is 35.5 Å². The lowest BCUT2D eigenvalue weighted by atomic mass is 9.63. The van der Waals surface area contributed by atoms with Crippen molar-refractivity contribution in [3.63, 3.8) is 0 Å². The van der Waals surface area contributed by atoms with E-state index in [4.69, 9.17) is 5.26 Å². The van der Waals surface area contributed by atoms with Crippen LogP contribution in [0.3, 0.4) is 0 Å². The summed E-state index contributed by atoms with van der Waals surface area (Å²) >= 11 is 0. The van der Waals surface area contributed by atoms with E-state index in [1.807, 2.05) is 0 Å². The van der Waals surface area contributed by atoms with Crippen LogP contribution >= 0.6 is 0 Å². The number of hydrogen-bond acceptors (Lipinski definition) is 3. The number of nitriles is 1. The van der Waals surface area contributed by atoms with E-state index in [1.165, 1.54) is 11.3 Å². The van der Waals surface area contributed by atoms with Crippen LogP contribution in [0.25, 0.3) is 0 Å². The molecule has 0 aromatic heterocycles. The smallest absolute Gasteiger partial charge is 0.238 e. The van der Waals surface area contributed by atoms with Gasteiger partial charge in [-0.25, -0.2) is 0 Å². The van der Waals surface area contributed by atoms with Crippen LogP contribution in [0.2, 0.25) is 0 Å². The second-order valence-electron chi connectivity index (χ2n) is 6.83. The van der Waals surface area contributed by atoms with Crippen LogP contribution in [0.15, 0.2) is 36.4 Å². The Balaban J connectivity index is 1.56. The van der Waals surface area contributed by atoms with E-state index in [0.717, 1.165) is 0 Å². The molecule has 1 saturated heterocycles. The Morgan fingerprint density at radius 2 is 1.50 bits per heavy atom. The van der Waals surface area contributed by atoms with Crippen LogP contribution in [-0.4, -0.2) is 11.8 Å². The fourth-order valence-corrected chi connectivity index (χ4v) is 4.90. The second-order valence-corrected chi connectivity index (χ2v) is 6.83. The molecule has 108 valence electrons. The molecule has 1 heterocycles. The van der Waals surface area contributed by atoms with Gasteiger partial charge in [0.1, 0.15) is 0 Å². The maximum Gasteiger partial charge on any atom is 0.238 e. The predicted molar refractivity (Wildman–Crippen MR) is 78.3 cm³/mol. The first-order chi connectivity index (χ1) is 10.7. The number of imide groups is 1. The highest BCUT2D eigenvalue weighted by Crippen LogP contribution is 2.65. The number of carbonyl (C=O) groups is 2. The monoisotopic (exact) mass is 290 g/mol. The summed E-state index contributed by atoms with van der Waals surface area (Å²) in [5, 5.41) is 8.87. The largest absolute Gasteiger partial charge is 0.274 e. The number of benzene rings is 1. The number of nitrogens with zero attached hydrogens (tertiary/aromatic N) is 2. The van der Waals surface area contributed by atoms with Gasteiger partial charge in [0.05, 0.1) is 29.2 Å². The van der Waals surface area contributed by atoms with Gasteiger partial charge in [-0.15, -0.1) is 0 Å². The lowest BCUT2D eigenvalue weighted by molar-refractivity contribution is -0.124. The molecule has 4 aliphatic carbocycles. The molecule has 6 atom stereocenters. The molecule has 0 N–H and O–H groups in total. The average molecular weight is 290 g/mol. The van der Waals surface area contributed by atoms with Gasteiger partial charge in [0, 0.05) is 0 Å². The van der Waals surface area contributed by atoms with Crippen molar-refractivity contribution in [2.75, 3.05) is 4.90 Å². The Labute approximate surface area is 128 Å². The van der Waals surface area contributed by atoms with Crippen molar-refractivity contribution in [1.82, 2.24) is 0 Å². The van der Waals surface area contributed by atoms with Crippen LogP contribution < -0.4 is 4.90 Å². The first kappa shape index (κ1) is 12.2. The third-order valence-corrected chi connectivity index (χ3v) is 5.92. The summed E-state index contributed by atoms with van der Waals surface area (Å²) in [4.78, 5) is 27.1. The Morgan fingerprint density at radius 3 is 2.00 bits per heavy atom. The molecule has 1 aromatic carbocycles. The Bertz CT molecular complexity index is 737. The number of hydrogen-bond donors (Lipinski definition) is 0. The molecular weight excluding hydrogens is 276 g/mol. The zero-order valence-corrected chi connectivity index (χ0v) is 11.8. The third kappa shape index (κ3) is 1.32. The molecule has 0 unspecified atom stereocenters. The van der Waals surface area contributed by atoms with Gasteiger partial charge in [0.25, 0.3) is 0 Å². The molecule has 1 aromatic rings. The highest BCUT2D eigenvalue weighted by Gasteiger charge is 2.67. The maximum atomic E-state index is 12.9. The van der Waals surface area contributed by atoms with Gasteiger partial charge in [0.2, 0.25) is 11.8 Å². The Hall–Kier alpha value is -2.41. The summed E-state index contributed by atoms with van der Waals surface area (Å²) < 4.78 is 0. The highest BCUT2D eigenvalue weighted by molar-refractivity contribution is 6.22. The van der Waals surface area contributed by atoms with E-state index >= 15 is 0 Å². The third-order valence-electron chi connectivity index (χ3n) is 5.92. The summed E-state index contributed by atoms with van der Waals surface area (Å²) in [6.07, 6.45) is 5.52. The van der Waals surface area contributed by atoms with Crippen molar-refractivity contribution in [3.05, 3.63) is 42.0 Å². The summed E-state index contributed by atoms with van der Waals surface area (Å²) in [6.45, 7) is 0. The van der Waals surface area contributed by atoms with E-state index < -0.39 is 0 Å². The lowest BCUT2D eigenvalue weighted by Gasteiger charge is -2.37. The van der Waals surface area contributed by atoms with E-state index in [-0.39, 0.29) is 35.5 Å². The average Bonchev–Trinajstić information content (AvgIpc) is 3.32. The van der Waals surface area contributed by atoms with Gasteiger partial charge in [-0.05, 0) is 54.4 Å². The first-order valence-corrected chi connectivity index (χ1v) is 7.77. The van der Waals surface area contributed by atoms with Crippen molar-refractivity contribution in [1.29, 1.82) is 5.26 Å². The maximum absolute atomic E-state index is 12.9. The van der Waals surface area contributed by atoms with E-state index in [9.17, 15) is 9.59 Å². The van der Waals surface area contributed by atoms with E-state index in [1.54, 1.807) is 24.3 Å². The molecule has 5 aliphatic rings. The Kier molecular flexibility index (Phi) is 2.14. The first-order valence-electron chi connectivity index (χ1n) is 7.77. The topological polar surface area (TPSA) is 61.2 Å². The number of allylic oxidation sites excluding steroid dienone is 2. The standard InChI is InChI=1S/C18H14N2O2/c19-8-9-1-3-10(4-2-9)20-17(21)15-11-5-6-12(14-7-13(11)14)16(15)18(20)22/h1-6,11-16H,7H2/t11-,12-,13-,14+,15-,16+/m0/s1. The molecule has 3 fully saturated rings. The molecule has 6 rings (SSSR count). The van der Waals surface area contributed by atoms with Crippen molar-refractivity contribution < 1.29 is 9.59 Å². The Morgan fingerprint density at radius 1 is 0.955 bits per heavy atom. The van der Waals surface area contributed by atoms with Crippen LogP contribution in [0, 0.1) is 46.8 Å². The normalized spacial score (nSPS) is 40.4. The van der Waals surface area contributed by atoms with Crippen molar-refractivity contribution >= 4 is 17.5 Å². The van der Waals surface area contributed by atoms with Gasteiger partial charge in [-0.1, -0.05) is 12.2 Å². The van der Waals surface area contributed by atoms with Gasteiger partial charge in [-0.2, -0.15) is 5.26 Å². The zero-order valence-electron chi connectivity index (χ0n) is 11.8. The molecule has 22 heavy (non-hydrogen) atoms. The molecule has 2 amide bonds. The lowest BCUT2D eigenvalue weighted by Crippen LogP contribution is -2.40. The minimum absolute atomic E-state index is 0.0515. The molecule has 4 nitrogen and oxygen atoms in total. The van der Waals surface area contributed by atoms with Gasteiger partial charge >= 0.3 is 0 Å².